The molecule has 0 unspecified atom stereocenters. The molecule has 2 rings (SSSR count). The second-order valence-corrected chi connectivity index (χ2v) is 8.62. The Bertz CT molecular complexity index is 587. The number of carbonyl (C=O) groups is 3. The van der Waals surface area contributed by atoms with Crippen molar-refractivity contribution in [2.75, 3.05) is 7.11 Å². The molecule has 4 heteroatoms. The van der Waals surface area contributed by atoms with Crippen LogP contribution >= 0.6 is 0 Å². The second-order valence-electron chi connectivity index (χ2n) is 8.62. The molecule has 2 aliphatic carbocycles. The van der Waals surface area contributed by atoms with Gasteiger partial charge in [-0.25, -0.2) is 0 Å². The van der Waals surface area contributed by atoms with E-state index >= 15 is 0 Å². The molecule has 0 N–H and O–H groups in total. The average Bonchev–Trinajstić information content (AvgIpc) is 3.09. The van der Waals surface area contributed by atoms with Gasteiger partial charge in [0.25, 0.3) is 0 Å². The van der Waals surface area contributed by atoms with E-state index in [1.807, 2.05) is 13.0 Å². The lowest BCUT2D eigenvalue weighted by Gasteiger charge is -2.24. The van der Waals surface area contributed by atoms with Gasteiger partial charge in [-0.15, -0.1) is 0 Å². The van der Waals surface area contributed by atoms with Gasteiger partial charge >= 0.3 is 5.97 Å². The van der Waals surface area contributed by atoms with E-state index in [-0.39, 0.29) is 47.1 Å². The van der Waals surface area contributed by atoms with E-state index in [0.29, 0.717) is 12.3 Å². The SMILES string of the molecule is COC(=O)[C@@H](C)[C@H]1C(=O)C[C@@H](C)C(=O)C/C=C(\C)CC[C@@H]2[C@@H]1C2(C)C. The van der Waals surface area contributed by atoms with Crippen LogP contribution in [0.5, 0.6) is 0 Å². The van der Waals surface area contributed by atoms with Gasteiger partial charge in [0.1, 0.15) is 11.6 Å². The fraction of sp³-hybridized carbons (Fsp3) is 0.762. The van der Waals surface area contributed by atoms with Crippen molar-refractivity contribution in [3.63, 3.8) is 0 Å². The molecule has 0 saturated heterocycles. The Morgan fingerprint density at radius 3 is 2.52 bits per heavy atom. The first-order chi connectivity index (χ1) is 11.6. The zero-order chi connectivity index (χ0) is 18.9. The van der Waals surface area contributed by atoms with Gasteiger partial charge in [0, 0.05) is 24.7 Å². The molecular weight excluding hydrogens is 316 g/mol. The molecule has 1 saturated carbocycles. The lowest BCUT2D eigenvalue weighted by atomic mass is 9.79. The Balaban J connectivity index is 2.35. The molecule has 0 heterocycles. The molecule has 0 aromatic carbocycles. The Hall–Kier alpha value is -1.45. The largest absolute Gasteiger partial charge is 0.469 e. The number of carbonyl (C=O) groups excluding carboxylic acids is 3. The number of fused-ring (bicyclic) bond motifs is 1. The first-order valence-electron chi connectivity index (χ1n) is 9.40. The van der Waals surface area contributed by atoms with Crippen molar-refractivity contribution in [3.8, 4) is 0 Å². The van der Waals surface area contributed by atoms with Crippen molar-refractivity contribution in [3.05, 3.63) is 11.6 Å². The van der Waals surface area contributed by atoms with Crippen LogP contribution in [0.2, 0.25) is 0 Å². The summed E-state index contributed by atoms with van der Waals surface area (Å²) in [6.45, 7) is 10.1. The number of methoxy groups -OCH3 is 1. The lowest BCUT2D eigenvalue weighted by Crippen LogP contribution is -2.33. The minimum absolute atomic E-state index is 0.0422. The maximum atomic E-state index is 13.1. The molecule has 0 aliphatic heterocycles. The minimum Gasteiger partial charge on any atom is -0.469 e. The molecule has 0 spiro atoms. The first-order valence-corrected chi connectivity index (χ1v) is 9.40. The fourth-order valence-corrected chi connectivity index (χ4v) is 4.69. The highest BCUT2D eigenvalue weighted by Crippen LogP contribution is 2.65. The van der Waals surface area contributed by atoms with Gasteiger partial charge in [-0.2, -0.15) is 0 Å². The van der Waals surface area contributed by atoms with E-state index in [9.17, 15) is 14.4 Å². The van der Waals surface area contributed by atoms with E-state index in [0.717, 1.165) is 12.8 Å². The van der Waals surface area contributed by atoms with Crippen LogP contribution in [0.4, 0.5) is 0 Å². The number of Topliss-reactive ketones (excluding diaryl/α,β-unsaturated/α-hetero) is 2. The highest BCUT2D eigenvalue weighted by molar-refractivity contribution is 5.92. The van der Waals surface area contributed by atoms with Crippen molar-refractivity contribution in [2.24, 2.45) is 35.0 Å². The highest BCUT2D eigenvalue weighted by atomic mass is 16.5. The van der Waals surface area contributed by atoms with Gasteiger partial charge in [-0.3, -0.25) is 14.4 Å². The van der Waals surface area contributed by atoms with Gasteiger partial charge in [0.15, 0.2) is 0 Å². The molecule has 140 valence electrons. The normalized spacial score (nSPS) is 36.2. The summed E-state index contributed by atoms with van der Waals surface area (Å²) in [4.78, 5) is 37.5. The molecule has 0 aromatic rings. The summed E-state index contributed by atoms with van der Waals surface area (Å²) in [5.41, 5.74) is 1.29. The predicted octanol–water partition coefficient (Wildman–Crippen LogP) is 3.98. The molecule has 5 atom stereocenters. The summed E-state index contributed by atoms with van der Waals surface area (Å²) in [5, 5.41) is 0. The Morgan fingerprint density at radius 2 is 1.92 bits per heavy atom. The summed E-state index contributed by atoms with van der Waals surface area (Å²) in [5.74, 6) is -0.693. The molecule has 0 radical (unpaired) electrons. The second kappa shape index (κ2) is 7.43. The molecule has 25 heavy (non-hydrogen) atoms. The fourth-order valence-electron chi connectivity index (χ4n) is 4.69. The Kier molecular flexibility index (Phi) is 5.90. The third-order valence-corrected chi connectivity index (χ3v) is 6.57. The van der Waals surface area contributed by atoms with Crippen LogP contribution in [-0.2, 0) is 19.1 Å². The van der Waals surface area contributed by atoms with Crippen LogP contribution in [0.25, 0.3) is 0 Å². The molecule has 0 aromatic heterocycles. The molecule has 1 fully saturated rings. The average molecular weight is 348 g/mol. The van der Waals surface area contributed by atoms with Gasteiger partial charge in [-0.1, -0.05) is 39.3 Å². The number of allylic oxidation sites excluding steroid dienone is 2. The monoisotopic (exact) mass is 348 g/mol. The Labute approximate surface area is 151 Å². The Morgan fingerprint density at radius 1 is 1.28 bits per heavy atom. The van der Waals surface area contributed by atoms with E-state index < -0.39 is 5.92 Å². The van der Waals surface area contributed by atoms with Gasteiger partial charge in [-0.05, 0) is 37.0 Å². The van der Waals surface area contributed by atoms with Crippen LogP contribution in [-0.4, -0.2) is 24.6 Å². The van der Waals surface area contributed by atoms with Gasteiger partial charge in [0.2, 0.25) is 0 Å². The van der Waals surface area contributed by atoms with Crippen molar-refractivity contribution >= 4 is 17.5 Å². The van der Waals surface area contributed by atoms with E-state index in [1.165, 1.54) is 12.7 Å². The lowest BCUT2D eigenvalue weighted by molar-refractivity contribution is -0.150. The standard InChI is InChI=1S/C21H32O4/c1-12-7-9-15-19(21(15,4)5)18(14(3)20(24)25-6)17(23)11-13(2)16(22)10-8-12/h8,13-15,18-19H,7,9-11H2,1-6H3/b12-8+/t13-,14+,15-,18+,19+/m1/s1. The van der Waals surface area contributed by atoms with Gasteiger partial charge in [0.05, 0.1) is 13.0 Å². The zero-order valence-electron chi connectivity index (χ0n) is 16.4. The molecule has 2 aliphatic rings. The van der Waals surface area contributed by atoms with Crippen molar-refractivity contribution in [1.82, 2.24) is 0 Å². The summed E-state index contributed by atoms with van der Waals surface area (Å²) in [6, 6.07) is 0. The smallest absolute Gasteiger partial charge is 0.309 e. The van der Waals surface area contributed by atoms with Crippen LogP contribution < -0.4 is 0 Å². The number of ether oxygens (including phenoxy) is 1. The van der Waals surface area contributed by atoms with Crippen molar-refractivity contribution in [2.45, 2.75) is 60.3 Å². The molecule has 0 amide bonds. The first kappa shape index (κ1) is 19.9. The molecule has 4 nitrogen and oxygen atoms in total. The third-order valence-electron chi connectivity index (χ3n) is 6.57. The number of rotatable bonds is 2. The van der Waals surface area contributed by atoms with E-state index in [2.05, 4.69) is 20.8 Å². The number of hydrogen-bond donors (Lipinski definition) is 0. The summed E-state index contributed by atoms with van der Waals surface area (Å²) in [6.07, 6.45) is 4.58. The van der Waals surface area contributed by atoms with Crippen molar-refractivity contribution in [1.29, 1.82) is 0 Å². The summed E-state index contributed by atoms with van der Waals surface area (Å²) >= 11 is 0. The van der Waals surface area contributed by atoms with Crippen LogP contribution in [0.1, 0.15) is 60.3 Å². The minimum atomic E-state index is -0.464. The van der Waals surface area contributed by atoms with Crippen molar-refractivity contribution < 1.29 is 19.1 Å². The van der Waals surface area contributed by atoms with Gasteiger partial charge < -0.3 is 4.74 Å². The van der Waals surface area contributed by atoms with E-state index in [1.54, 1.807) is 6.92 Å². The summed E-state index contributed by atoms with van der Waals surface area (Å²) in [7, 11) is 1.37. The quantitative estimate of drug-likeness (QED) is 0.559. The van der Waals surface area contributed by atoms with E-state index in [4.69, 9.17) is 4.74 Å². The summed E-state index contributed by atoms with van der Waals surface area (Å²) < 4.78 is 4.92. The molecular formula is C21H32O4. The number of ketones is 2. The molecule has 0 bridgehead atoms. The third kappa shape index (κ3) is 4.04. The van der Waals surface area contributed by atoms with Crippen LogP contribution in [0.3, 0.4) is 0 Å². The topological polar surface area (TPSA) is 60.4 Å². The highest BCUT2D eigenvalue weighted by Gasteiger charge is 2.62. The number of esters is 1. The predicted molar refractivity (Wildman–Crippen MR) is 96.8 cm³/mol. The van der Waals surface area contributed by atoms with Crippen LogP contribution in [0, 0.1) is 35.0 Å². The zero-order valence-corrected chi connectivity index (χ0v) is 16.4. The number of hydrogen-bond acceptors (Lipinski definition) is 4. The van der Waals surface area contributed by atoms with Crippen LogP contribution in [0.15, 0.2) is 11.6 Å². The maximum absolute atomic E-state index is 13.1. The maximum Gasteiger partial charge on any atom is 0.309 e.